The molecule has 1 N–H and O–H groups in total. The third-order valence-corrected chi connectivity index (χ3v) is 4.29. The molecule has 8 nitrogen and oxygen atoms in total. The summed E-state index contributed by atoms with van der Waals surface area (Å²) >= 11 is 0. The van der Waals surface area contributed by atoms with E-state index in [1.165, 1.54) is 0 Å². The molecule has 0 bridgehead atoms. The Hall–Kier alpha value is -3.29. The number of nitrogens with one attached hydrogen (secondary N) is 1. The molecule has 0 radical (unpaired) electrons. The number of carbonyl (C=O) groups excluding carboxylic acids is 1. The lowest BCUT2D eigenvalue weighted by Gasteiger charge is -2.15. The van der Waals surface area contributed by atoms with Gasteiger partial charge in [-0.15, -0.1) is 10.2 Å². The molecular formula is C19H20N4O4. The molecule has 0 fully saturated rings. The molecule has 8 heteroatoms. The van der Waals surface area contributed by atoms with Crippen molar-refractivity contribution in [3.63, 3.8) is 0 Å². The maximum atomic E-state index is 12.2. The van der Waals surface area contributed by atoms with Gasteiger partial charge in [-0.1, -0.05) is 6.07 Å². The molecule has 0 saturated carbocycles. The predicted octanol–water partition coefficient (Wildman–Crippen LogP) is 1.97. The van der Waals surface area contributed by atoms with Crippen LogP contribution >= 0.6 is 0 Å². The number of fused-ring (bicyclic) bond motifs is 2. The van der Waals surface area contributed by atoms with Crippen LogP contribution in [0.2, 0.25) is 0 Å². The summed E-state index contributed by atoms with van der Waals surface area (Å²) in [6.45, 7) is 2.46. The Kier molecular flexibility index (Phi) is 4.78. The van der Waals surface area contributed by atoms with Crippen LogP contribution < -0.4 is 19.5 Å². The number of aromatic nitrogens is 3. The largest absolute Gasteiger partial charge is 0.481 e. The Labute approximate surface area is 156 Å². The van der Waals surface area contributed by atoms with E-state index in [0.717, 1.165) is 24.3 Å². The van der Waals surface area contributed by atoms with Gasteiger partial charge < -0.3 is 19.5 Å². The molecule has 0 saturated heterocycles. The van der Waals surface area contributed by atoms with E-state index in [1.807, 2.05) is 28.8 Å². The highest BCUT2D eigenvalue weighted by Gasteiger charge is 2.18. The number of rotatable bonds is 7. The lowest BCUT2D eigenvalue weighted by atomic mass is 10.2. The van der Waals surface area contributed by atoms with E-state index >= 15 is 0 Å². The van der Waals surface area contributed by atoms with Gasteiger partial charge in [-0.25, -0.2) is 0 Å². The van der Waals surface area contributed by atoms with E-state index in [1.54, 1.807) is 25.1 Å². The average Bonchev–Trinajstić information content (AvgIpc) is 3.31. The first kappa shape index (κ1) is 17.1. The third-order valence-electron chi connectivity index (χ3n) is 4.29. The van der Waals surface area contributed by atoms with Gasteiger partial charge in [0.15, 0.2) is 23.3 Å². The van der Waals surface area contributed by atoms with Gasteiger partial charge >= 0.3 is 0 Å². The topological polar surface area (TPSA) is 87.0 Å². The Morgan fingerprint density at radius 1 is 1.26 bits per heavy atom. The zero-order valence-electron chi connectivity index (χ0n) is 14.9. The van der Waals surface area contributed by atoms with Crippen molar-refractivity contribution in [1.29, 1.82) is 0 Å². The Morgan fingerprint density at radius 2 is 2.15 bits per heavy atom. The molecule has 1 amide bonds. The second kappa shape index (κ2) is 7.53. The molecule has 1 atom stereocenters. The molecule has 3 heterocycles. The van der Waals surface area contributed by atoms with Crippen molar-refractivity contribution < 1.29 is 19.0 Å². The average molecular weight is 368 g/mol. The molecule has 1 aliphatic rings. The van der Waals surface area contributed by atoms with Crippen LogP contribution in [0.25, 0.3) is 5.65 Å². The number of aryl methyl sites for hydroxylation is 1. The van der Waals surface area contributed by atoms with Gasteiger partial charge in [0.25, 0.3) is 5.91 Å². The SMILES string of the molecule is CC(Oc1ccc2c(c1)OCO2)C(=O)NCCCc1nnc2ccccn12. The van der Waals surface area contributed by atoms with Crippen molar-refractivity contribution in [2.24, 2.45) is 0 Å². The summed E-state index contributed by atoms with van der Waals surface area (Å²) in [6.07, 6.45) is 2.81. The van der Waals surface area contributed by atoms with E-state index in [9.17, 15) is 4.79 Å². The number of ether oxygens (including phenoxy) is 3. The van der Waals surface area contributed by atoms with Crippen molar-refractivity contribution in [1.82, 2.24) is 19.9 Å². The predicted molar refractivity (Wildman–Crippen MR) is 97.0 cm³/mol. The van der Waals surface area contributed by atoms with Gasteiger partial charge in [0.1, 0.15) is 11.6 Å². The van der Waals surface area contributed by atoms with Crippen molar-refractivity contribution in [2.45, 2.75) is 25.9 Å². The Morgan fingerprint density at radius 3 is 3.07 bits per heavy atom. The number of benzene rings is 1. The summed E-state index contributed by atoms with van der Waals surface area (Å²) in [5, 5.41) is 11.2. The normalized spacial score (nSPS) is 13.5. The number of hydrogen-bond acceptors (Lipinski definition) is 6. The summed E-state index contributed by atoms with van der Waals surface area (Å²) in [7, 11) is 0. The number of nitrogens with zero attached hydrogens (tertiary/aromatic N) is 3. The zero-order valence-corrected chi connectivity index (χ0v) is 14.9. The molecule has 2 aromatic heterocycles. The van der Waals surface area contributed by atoms with Crippen LogP contribution in [0.3, 0.4) is 0 Å². The summed E-state index contributed by atoms with van der Waals surface area (Å²) in [6, 6.07) is 11.0. The highest BCUT2D eigenvalue weighted by atomic mass is 16.7. The summed E-state index contributed by atoms with van der Waals surface area (Å²) < 4.78 is 18.2. The fourth-order valence-electron chi connectivity index (χ4n) is 2.87. The molecule has 4 rings (SSSR count). The second-order valence-electron chi connectivity index (χ2n) is 6.21. The third kappa shape index (κ3) is 3.79. The molecule has 140 valence electrons. The van der Waals surface area contributed by atoms with E-state index in [0.29, 0.717) is 23.8 Å². The highest BCUT2D eigenvalue weighted by Crippen LogP contribution is 2.35. The van der Waals surface area contributed by atoms with Gasteiger partial charge in [-0.2, -0.15) is 0 Å². The van der Waals surface area contributed by atoms with Gasteiger partial charge in [-0.3, -0.25) is 9.20 Å². The minimum atomic E-state index is -0.612. The van der Waals surface area contributed by atoms with E-state index in [-0.39, 0.29) is 12.7 Å². The molecule has 1 unspecified atom stereocenters. The molecule has 27 heavy (non-hydrogen) atoms. The number of carbonyl (C=O) groups is 1. The standard InChI is InChI=1S/C19H20N4O4/c1-13(27-14-7-8-15-16(11-14)26-12-25-15)19(24)20-9-4-6-18-22-21-17-5-2-3-10-23(17)18/h2-3,5,7-8,10-11,13H,4,6,9,12H2,1H3,(H,20,24). The molecule has 3 aromatic rings. The van der Waals surface area contributed by atoms with Crippen molar-refractivity contribution in [2.75, 3.05) is 13.3 Å². The van der Waals surface area contributed by atoms with Gasteiger partial charge in [0.05, 0.1) is 0 Å². The molecule has 1 aromatic carbocycles. The first-order valence-corrected chi connectivity index (χ1v) is 8.83. The van der Waals surface area contributed by atoms with Crippen molar-refractivity contribution >= 4 is 11.6 Å². The van der Waals surface area contributed by atoms with Crippen molar-refractivity contribution in [3.8, 4) is 17.2 Å². The minimum Gasteiger partial charge on any atom is -0.481 e. The van der Waals surface area contributed by atoms with E-state index in [4.69, 9.17) is 14.2 Å². The number of pyridine rings is 1. The van der Waals surface area contributed by atoms with Gasteiger partial charge in [-0.05, 0) is 37.6 Å². The number of hydrogen-bond donors (Lipinski definition) is 1. The molecule has 0 spiro atoms. The van der Waals surface area contributed by atoms with Crippen molar-refractivity contribution in [3.05, 3.63) is 48.4 Å². The quantitative estimate of drug-likeness (QED) is 0.642. The van der Waals surface area contributed by atoms with Crippen LogP contribution in [0.4, 0.5) is 0 Å². The van der Waals surface area contributed by atoms with Crippen LogP contribution in [-0.4, -0.2) is 39.9 Å². The first-order chi connectivity index (χ1) is 13.2. The first-order valence-electron chi connectivity index (χ1n) is 8.83. The van der Waals surface area contributed by atoms with Crippen LogP contribution in [0, 0.1) is 0 Å². The Balaban J connectivity index is 1.24. The second-order valence-corrected chi connectivity index (χ2v) is 6.21. The Bertz CT molecular complexity index is 956. The van der Waals surface area contributed by atoms with Gasteiger partial charge in [0, 0.05) is 25.2 Å². The molecule has 1 aliphatic heterocycles. The maximum absolute atomic E-state index is 12.2. The lowest BCUT2D eigenvalue weighted by molar-refractivity contribution is -0.127. The lowest BCUT2D eigenvalue weighted by Crippen LogP contribution is -2.37. The van der Waals surface area contributed by atoms with Crippen LogP contribution in [0.15, 0.2) is 42.6 Å². The fourth-order valence-corrected chi connectivity index (χ4v) is 2.87. The summed E-state index contributed by atoms with van der Waals surface area (Å²) in [5.74, 6) is 2.58. The van der Waals surface area contributed by atoms with Gasteiger partial charge in [0.2, 0.25) is 6.79 Å². The van der Waals surface area contributed by atoms with Crippen LogP contribution in [0.1, 0.15) is 19.2 Å². The van der Waals surface area contributed by atoms with Crippen LogP contribution in [-0.2, 0) is 11.2 Å². The van der Waals surface area contributed by atoms with Crippen LogP contribution in [0.5, 0.6) is 17.2 Å². The highest BCUT2D eigenvalue weighted by molar-refractivity contribution is 5.80. The zero-order chi connectivity index (χ0) is 18.6. The number of amides is 1. The molecule has 0 aliphatic carbocycles. The maximum Gasteiger partial charge on any atom is 0.260 e. The summed E-state index contributed by atoms with van der Waals surface area (Å²) in [5.41, 5.74) is 0.822. The summed E-state index contributed by atoms with van der Waals surface area (Å²) in [4.78, 5) is 12.2. The minimum absolute atomic E-state index is 0.168. The van der Waals surface area contributed by atoms with E-state index < -0.39 is 6.10 Å². The molecular weight excluding hydrogens is 348 g/mol. The van der Waals surface area contributed by atoms with E-state index in [2.05, 4.69) is 15.5 Å². The smallest absolute Gasteiger partial charge is 0.260 e. The fraction of sp³-hybridized carbons (Fsp3) is 0.316. The monoisotopic (exact) mass is 368 g/mol.